The Labute approximate surface area is 115 Å². The van der Waals surface area contributed by atoms with Crippen LogP contribution in [0.4, 0.5) is 10.1 Å². The number of carbonyl (C=O) groups is 1. The lowest BCUT2D eigenvalue weighted by Crippen LogP contribution is -2.47. The summed E-state index contributed by atoms with van der Waals surface area (Å²) in [6.07, 6.45) is 0.375. The second kappa shape index (κ2) is 4.70. The molecule has 0 bridgehead atoms. The summed E-state index contributed by atoms with van der Waals surface area (Å²) in [6.45, 7) is 0. The van der Waals surface area contributed by atoms with Crippen molar-refractivity contribution in [3.63, 3.8) is 0 Å². The fourth-order valence-corrected chi connectivity index (χ4v) is 2.38. The van der Waals surface area contributed by atoms with Gasteiger partial charge in [-0.25, -0.2) is 4.39 Å². The van der Waals surface area contributed by atoms with Crippen LogP contribution >= 0.6 is 0 Å². The molecule has 1 heterocycles. The van der Waals surface area contributed by atoms with Crippen molar-refractivity contribution >= 4 is 11.6 Å². The molecule has 0 radical (unpaired) electrons. The molecule has 0 saturated heterocycles. The Morgan fingerprint density at radius 2 is 1.80 bits per heavy atom. The minimum atomic E-state index is -0.740. The van der Waals surface area contributed by atoms with E-state index in [-0.39, 0.29) is 5.82 Å². The molecule has 0 fully saturated rings. The maximum atomic E-state index is 12.9. The molecule has 2 aromatic rings. The van der Waals surface area contributed by atoms with Gasteiger partial charge in [-0.1, -0.05) is 18.2 Å². The largest absolute Gasteiger partial charge is 0.320 e. The van der Waals surface area contributed by atoms with Gasteiger partial charge in [0.1, 0.15) is 5.82 Å². The van der Waals surface area contributed by atoms with Crippen molar-refractivity contribution < 1.29 is 14.4 Å². The van der Waals surface area contributed by atoms with Gasteiger partial charge in [0.15, 0.2) is 0 Å². The molecular weight excluding hydrogens is 259 g/mol. The number of carbonyl (C=O) groups excluding carboxylic acids is 1. The standard InChI is InChI=1S/C15H13FN2O2/c16-12-4-1-9(2-5-12)10-3-6-14-11(7-10)8-13(17)15(19)18(14)20/h1-7,13,20H,8,17H2/t13-/m0/s1. The van der Waals surface area contributed by atoms with Gasteiger partial charge in [-0.3, -0.25) is 10.0 Å². The number of nitrogens with two attached hydrogens (primary N) is 1. The van der Waals surface area contributed by atoms with Crippen molar-refractivity contribution in [1.82, 2.24) is 0 Å². The van der Waals surface area contributed by atoms with Gasteiger partial charge in [0, 0.05) is 0 Å². The van der Waals surface area contributed by atoms with Crippen LogP contribution in [-0.4, -0.2) is 17.2 Å². The van der Waals surface area contributed by atoms with E-state index < -0.39 is 11.9 Å². The van der Waals surface area contributed by atoms with Crippen molar-refractivity contribution in [2.24, 2.45) is 5.73 Å². The highest BCUT2D eigenvalue weighted by molar-refractivity contribution is 5.98. The lowest BCUT2D eigenvalue weighted by Gasteiger charge is -2.27. The Hall–Kier alpha value is -2.24. The summed E-state index contributed by atoms with van der Waals surface area (Å²) >= 11 is 0. The van der Waals surface area contributed by atoms with Gasteiger partial charge >= 0.3 is 0 Å². The summed E-state index contributed by atoms with van der Waals surface area (Å²) in [7, 11) is 0. The number of nitrogens with zero attached hydrogens (tertiary/aromatic N) is 1. The topological polar surface area (TPSA) is 66.6 Å². The summed E-state index contributed by atoms with van der Waals surface area (Å²) in [5.41, 5.74) is 8.68. The number of hydroxylamine groups is 1. The molecule has 1 amide bonds. The minimum absolute atomic E-state index is 0.291. The van der Waals surface area contributed by atoms with Crippen molar-refractivity contribution in [2.75, 3.05) is 5.06 Å². The molecule has 1 atom stereocenters. The Morgan fingerprint density at radius 1 is 1.15 bits per heavy atom. The molecule has 4 nitrogen and oxygen atoms in total. The number of benzene rings is 2. The van der Waals surface area contributed by atoms with Gasteiger partial charge in [-0.2, -0.15) is 5.06 Å². The van der Waals surface area contributed by atoms with Gasteiger partial charge < -0.3 is 5.73 Å². The summed E-state index contributed by atoms with van der Waals surface area (Å²) in [5, 5.41) is 10.3. The molecule has 2 aromatic carbocycles. The Balaban J connectivity index is 2.03. The van der Waals surface area contributed by atoms with Crippen LogP contribution in [0.25, 0.3) is 11.1 Å². The van der Waals surface area contributed by atoms with E-state index in [2.05, 4.69) is 0 Å². The predicted octanol–water partition coefficient (Wildman–Crippen LogP) is 2.10. The quantitative estimate of drug-likeness (QED) is 0.781. The number of halogens is 1. The smallest absolute Gasteiger partial charge is 0.267 e. The third-order valence-corrected chi connectivity index (χ3v) is 3.45. The normalized spacial score (nSPS) is 18.1. The van der Waals surface area contributed by atoms with Crippen LogP contribution in [0.2, 0.25) is 0 Å². The monoisotopic (exact) mass is 272 g/mol. The lowest BCUT2D eigenvalue weighted by atomic mass is 9.95. The Morgan fingerprint density at radius 3 is 2.50 bits per heavy atom. The molecule has 102 valence electrons. The Kier molecular flexibility index (Phi) is 3.00. The van der Waals surface area contributed by atoms with Crippen molar-refractivity contribution in [1.29, 1.82) is 0 Å². The summed E-state index contributed by atoms with van der Waals surface area (Å²) in [5.74, 6) is -0.798. The summed E-state index contributed by atoms with van der Waals surface area (Å²) in [6, 6.07) is 10.7. The molecule has 3 rings (SSSR count). The molecule has 0 saturated carbocycles. The first-order valence-corrected chi connectivity index (χ1v) is 6.23. The third kappa shape index (κ3) is 2.07. The molecule has 20 heavy (non-hydrogen) atoms. The maximum Gasteiger partial charge on any atom is 0.267 e. The number of anilines is 1. The highest BCUT2D eigenvalue weighted by atomic mass is 19.1. The van der Waals surface area contributed by atoms with Crippen molar-refractivity contribution in [2.45, 2.75) is 12.5 Å². The molecule has 0 unspecified atom stereocenters. The van der Waals surface area contributed by atoms with E-state index in [0.29, 0.717) is 17.2 Å². The van der Waals surface area contributed by atoms with Crippen LogP contribution in [0.1, 0.15) is 5.56 Å². The van der Waals surface area contributed by atoms with Crippen molar-refractivity contribution in [3.05, 3.63) is 53.8 Å². The fraction of sp³-hybridized carbons (Fsp3) is 0.133. The van der Waals surface area contributed by atoms with E-state index in [0.717, 1.165) is 16.7 Å². The van der Waals surface area contributed by atoms with Gasteiger partial charge in [-0.15, -0.1) is 0 Å². The molecule has 0 aliphatic carbocycles. The van der Waals surface area contributed by atoms with Crippen LogP contribution in [0.15, 0.2) is 42.5 Å². The van der Waals surface area contributed by atoms with E-state index in [1.54, 1.807) is 24.3 Å². The highest BCUT2D eigenvalue weighted by Crippen LogP contribution is 2.31. The first-order valence-electron chi connectivity index (χ1n) is 6.23. The van der Waals surface area contributed by atoms with Crippen LogP contribution in [0.3, 0.4) is 0 Å². The zero-order valence-electron chi connectivity index (χ0n) is 10.6. The molecule has 1 aliphatic rings. The summed E-state index contributed by atoms with van der Waals surface area (Å²) < 4.78 is 12.9. The minimum Gasteiger partial charge on any atom is -0.320 e. The zero-order valence-corrected chi connectivity index (χ0v) is 10.6. The molecule has 1 aliphatic heterocycles. The number of amides is 1. The highest BCUT2D eigenvalue weighted by Gasteiger charge is 2.29. The molecule has 3 N–H and O–H groups in total. The lowest BCUT2D eigenvalue weighted by molar-refractivity contribution is -0.125. The van der Waals surface area contributed by atoms with Crippen LogP contribution in [0, 0.1) is 5.82 Å². The van der Waals surface area contributed by atoms with Crippen LogP contribution in [-0.2, 0) is 11.2 Å². The van der Waals surface area contributed by atoms with Gasteiger partial charge in [0.05, 0.1) is 11.7 Å². The summed E-state index contributed by atoms with van der Waals surface area (Å²) in [4.78, 5) is 11.6. The second-order valence-electron chi connectivity index (χ2n) is 4.81. The zero-order chi connectivity index (χ0) is 14.3. The number of fused-ring (bicyclic) bond motifs is 1. The van der Waals surface area contributed by atoms with Crippen LogP contribution in [0.5, 0.6) is 0 Å². The first kappa shape index (κ1) is 12.8. The number of hydrogen-bond acceptors (Lipinski definition) is 3. The first-order chi connectivity index (χ1) is 9.56. The second-order valence-corrected chi connectivity index (χ2v) is 4.81. The van der Waals surface area contributed by atoms with E-state index >= 15 is 0 Å². The van der Waals surface area contributed by atoms with Gasteiger partial charge in [0.2, 0.25) is 0 Å². The maximum absolute atomic E-state index is 12.9. The average molecular weight is 272 g/mol. The number of hydrogen-bond donors (Lipinski definition) is 2. The number of rotatable bonds is 1. The molecule has 5 heteroatoms. The average Bonchev–Trinajstić information content (AvgIpc) is 2.45. The van der Waals surface area contributed by atoms with E-state index in [1.165, 1.54) is 12.1 Å². The molecule has 0 aromatic heterocycles. The van der Waals surface area contributed by atoms with E-state index in [9.17, 15) is 14.4 Å². The molecular formula is C15H13FN2O2. The van der Waals surface area contributed by atoms with E-state index in [1.807, 2.05) is 6.07 Å². The van der Waals surface area contributed by atoms with Crippen LogP contribution < -0.4 is 10.8 Å². The third-order valence-electron chi connectivity index (χ3n) is 3.45. The fourth-order valence-electron chi connectivity index (χ4n) is 2.38. The van der Waals surface area contributed by atoms with Gasteiger partial charge in [0.25, 0.3) is 5.91 Å². The Bertz CT molecular complexity index is 670. The SMILES string of the molecule is N[C@H]1Cc2cc(-c3ccc(F)cc3)ccc2N(O)C1=O. The van der Waals surface area contributed by atoms with E-state index in [4.69, 9.17) is 5.73 Å². The van der Waals surface area contributed by atoms with Gasteiger partial charge in [-0.05, 0) is 47.4 Å². The molecule has 0 spiro atoms. The predicted molar refractivity (Wildman–Crippen MR) is 72.8 cm³/mol. The van der Waals surface area contributed by atoms with Crippen molar-refractivity contribution in [3.8, 4) is 11.1 Å².